The van der Waals surface area contributed by atoms with Crippen molar-refractivity contribution in [3.05, 3.63) is 146 Å². The monoisotopic (exact) mass is 494 g/mol. The molecule has 0 radical (unpaired) electrons. The van der Waals surface area contributed by atoms with Crippen molar-refractivity contribution in [2.75, 3.05) is 0 Å². The topological polar surface area (TPSA) is 0 Å². The van der Waals surface area contributed by atoms with Crippen molar-refractivity contribution in [2.24, 2.45) is 0 Å². The van der Waals surface area contributed by atoms with Gasteiger partial charge in [0.1, 0.15) is 21.2 Å². The summed E-state index contributed by atoms with van der Waals surface area (Å²) in [5.74, 6) is 0. The van der Waals surface area contributed by atoms with Crippen molar-refractivity contribution in [1.29, 1.82) is 0 Å². The lowest BCUT2D eigenvalue weighted by Gasteiger charge is -2.29. The van der Waals surface area contributed by atoms with Crippen LogP contribution in [0.25, 0.3) is 0 Å². The van der Waals surface area contributed by atoms with Crippen LogP contribution < -0.4 is 31.8 Å². The summed E-state index contributed by atoms with van der Waals surface area (Å²) in [6.07, 6.45) is 0. The van der Waals surface area contributed by atoms with E-state index in [1.54, 1.807) is 0 Å². The fraction of sp³-hybridized carbons (Fsp3) is 0.0323. The summed E-state index contributed by atoms with van der Waals surface area (Å²) >= 11 is 8.06. The Morgan fingerprint density at radius 3 is 0.853 bits per heavy atom. The lowest BCUT2D eigenvalue weighted by Crippen LogP contribution is -2.35. The average Bonchev–Trinajstić information content (AvgIpc) is 3.17. The van der Waals surface area contributed by atoms with E-state index in [-0.39, 0.29) is 4.86 Å². The minimum atomic E-state index is -2.17. The van der Waals surface area contributed by atoms with E-state index in [4.69, 9.17) is 11.6 Å². The fourth-order valence-corrected chi connectivity index (χ4v) is 20.1. The van der Waals surface area contributed by atoms with Crippen LogP contribution in [-0.4, -0.2) is 4.86 Å². The van der Waals surface area contributed by atoms with Gasteiger partial charge in [0.2, 0.25) is 0 Å². The molecule has 1 aliphatic rings. The van der Waals surface area contributed by atoms with Crippen LogP contribution in [0.5, 0.6) is 0 Å². The van der Waals surface area contributed by atoms with E-state index >= 15 is 0 Å². The summed E-state index contributed by atoms with van der Waals surface area (Å²) in [6, 6.07) is 53.2. The van der Waals surface area contributed by atoms with E-state index < -0.39 is 14.5 Å². The summed E-state index contributed by atoms with van der Waals surface area (Å²) < 4.78 is 0. The number of hydrogen-bond acceptors (Lipinski definition) is 0. The van der Waals surface area contributed by atoms with E-state index in [1.165, 1.54) is 31.8 Å². The molecule has 0 aliphatic carbocycles. The zero-order valence-corrected chi connectivity index (χ0v) is 21.3. The van der Waals surface area contributed by atoms with Gasteiger partial charge in [-0.1, -0.05) is 84.9 Å². The van der Waals surface area contributed by atoms with Crippen molar-refractivity contribution >= 4 is 58.0 Å². The van der Waals surface area contributed by atoms with Gasteiger partial charge in [-0.05, 0) is 72.3 Å². The van der Waals surface area contributed by atoms with E-state index in [9.17, 15) is 0 Å². The van der Waals surface area contributed by atoms with Crippen LogP contribution in [0.4, 0.5) is 0 Å². The van der Waals surface area contributed by atoms with Crippen molar-refractivity contribution in [1.82, 2.24) is 0 Å². The molecule has 0 fully saturated rings. The van der Waals surface area contributed by atoms with Gasteiger partial charge in [-0.3, -0.25) is 0 Å². The SMILES string of the molecule is ClC1[P+](c2ccccc2)(c2ccccc2)c2ccccc2[P+]1(c1ccccc1)c1ccccc1. The fourth-order valence-electron chi connectivity index (χ4n) is 5.55. The molecule has 0 saturated carbocycles. The van der Waals surface area contributed by atoms with Crippen molar-refractivity contribution < 1.29 is 0 Å². The first-order valence-corrected chi connectivity index (χ1v) is 15.7. The van der Waals surface area contributed by atoms with Gasteiger partial charge < -0.3 is 0 Å². The van der Waals surface area contributed by atoms with E-state index in [2.05, 4.69) is 146 Å². The third kappa shape index (κ3) is 3.00. The molecule has 5 aromatic carbocycles. The number of halogens is 1. The number of fused-ring (bicyclic) bond motifs is 1. The van der Waals surface area contributed by atoms with Crippen molar-refractivity contribution in [3.8, 4) is 0 Å². The Kier molecular flexibility index (Phi) is 5.63. The summed E-state index contributed by atoms with van der Waals surface area (Å²) in [5.41, 5.74) is 0. The first-order chi connectivity index (χ1) is 16.8. The van der Waals surface area contributed by atoms with E-state index in [0.29, 0.717) is 0 Å². The first-order valence-electron chi connectivity index (χ1n) is 11.5. The normalized spacial score (nSPS) is 16.1. The van der Waals surface area contributed by atoms with Gasteiger partial charge >= 0.3 is 0 Å². The minimum absolute atomic E-state index is 0.0769. The third-order valence-corrected chi connectivity index (χ3v) is 19.0. The number of hydrogen-bond donors (Lipinski definition) is 0. The molecule has 0 amide bonds. The molecule has 0 unspecified atom stereocenters. The Morgan fingerprint density at radius 1 is 0.353 bits per heavy atom. The second-order valence-corrected chi connectivity index (χ2v) is 17.0. The highest BCUT2D eigenvalue weighted by Crippen LogP contribution is 2.82. The zero-order chi connectivity index (χ0) is 23.0. The molecule has 0 spiro atoms. The maximum Gasteiger partial charge on any atom is 0.268 e. The van der Waals surface area contributed by atoms with Crippen LogP contribution in [0.2, 0.25) is 0 Å². The summed E-state index contributed by atoms with van der Waals surface area (Å²) in [5, 5.41) is 8.25. The van der Waals surface area contributed by atoms with Gasteiger partial charge in [-0.25, -0.2) is 0 Å². The zero-order valence-electron chi connectivity index (χ0n) is 18.7. The standard InChI is InChI=1S/C31H25ClP2/c32-31-33(25-15-5-1-6-16-25,26-17-7-2-8-18-26)29-23-13-14-24-30(29)34(31,27-19-9-3-10-20-27)28-21-11-4-12-22-28/h1-24,31H/q+2. The number of benzene rings is 5. The molecule has 0 atom stereocenters. The second kappa shape index (κ2) is 8.79. The largest absolute Gasteiger partial charge is 0.268 e. The predicted molar refractivity (Wildman–Crippen MR) is 153 cm³/mol. The molecule has 0 nitrogen and oxygen atoms in total. The Morgan fingerprint density at radius 2 is 0.588 bits per heavy atom. The van der Waals surface area contributed by atoms with Crippen molar-refractivity contribution in [3.63, 3.8) is 0 Å². The molecule has 0 aromatic heterocycles. The van der Waals surface area contributed by atoms with Crippen LogP contribution in [0.3, 0.4) is 0 Å². The van der Waals surface area contributed by atoms with Crippen LogP contribution in [0.15, 0.2) is 146 Å². The molecule has 0 saturated heterocycles. The summed E-state index contributed by atoms with van der Waals surface area (Å²) in [4.78, 5) is -0.0769. The van der Waals surface area contributed by atoms with Gasteiger partial charge in [0, 0.05) is 0 Å². The van der Waals surface area contributed by atoms with Crippen LogP contribution >= 0.6 is 26.1 Å². The van der Waals surface area contributed by atoms with Crippen molar-refractivity contribution in [2.45, 2.75) is 4.86 Å². The molecule has 5 aromatic rings. The lowest BCUT2D eigenvalue weighted by molar-refractivity contribution is 1.69. The molecule has 3 heteroatoms. The highest BCUT2D eigenvalue weighted by atomic mass is 35.5. The minimum Gasteiger partial charge on any atom is -0.0620 e. The maximum atomic E-state index is 8.06. The Bertz CT molecular complexity index is 1210. The summed E-state index contributed by atoms with van der Waals surface area (Å²) in [6.45, 7) is 0. The van der Waals surface area contributed by atoms with Gasteiger partial charge in [0.15, 0.2) is 25.1 Å². The first kappa shape index (κ1) is 21.8. The highest BCUT2D eigenvalue weighted by molar-refractivity contribution is 8.16. The van der Waals surface area contributed by atoms with Gasteiger partial charge in [-0.15, -0.1) is 0 Å². The van der Waals surface area contributed by atoms with Crippen LogP contribution in [0.1, 0.15) is 0 Å². The highest BCUT2D eigenvalue weighted by Gasteiger charge is 2.75. The Hall–Kier alpha value is -2.75. The predicted octanol–water partition coefficient (Wildman–Crippen LogP) is 5.81. The van der Waals surface area contributed by atoms with Crippen LogP contribution in [0, 0.1) is 0 Å². The lowest BCUT2D eigenvalue weighted by atomic mass is 10.3. The Labute approximate surface area is 207 Å². The van der Waals surface area contributed by atoms with E-state index in [0.717, 1.165) is 0 Å². The number of rotatable bonds is 4. The van der Waals surface area contributed by atoms with Crippen LogP contribution in [-0.2, 0) is 0 Å². The quantitative estimate of drug-likeness (QED) is 0.218. The smallest absolute Gasteiger partial charge is 0.0620 e. The molecule has 1 heterocycles. The average molecular weight is 495 g/mol. The Balaban J connectivity index is 1.80. The summed E-state index contributed by atoms with van der Waals surface area (Å²) in [7, 11) is -4.34. The van der Waals surface area contributed by atoms with Gasteiger partial charge in [-0.2, -0.15) is 0 Å². The number of alkyl halides is 1. The molecule has 0 bridgehead atoms. The molecule has 34 heavy (non-hydrogen) atoms. The maximum absolute atomic E-state index is 8.06. The van der Waals surface area contributed by atoms with Gasteiger partial charge in [0.25, 0.3) is 4.86 Å². The van der Waals surface area contributed by atoms with Gasteiger partial charge in [0.05, 0.1) is 0 Å². The molecule has 0 N–H and O–H groups in total. The molecular formula is C31H25ClP2+2. The molecule has 164 valence electrons. The second-order valence-electron chi connectivity index (χ2n) is 8.59. The third-order valence-electron chi connectivity index (χ3n) is 6.93. The molecule has 6 rings (SSSR count). The molecular weight excluding hydrogens is 470 g/mol. The van der Waals surface area contributed by atoms with E-state index in [1.807, 2.05) is 0 Å². The molecule has 1 aliphatic heterocycles.